The Morgan fingerprint density at radius 2 is 0.614 bits per heavy atom. The molecule has 0 aromatic heterocycles. The second kappa shape index (κ2) is 68.3. The van der Waals surface area contributed by atoms with E-state index in [9.17, 15) is 0 Å². The third-order valence-corrected chi connectivity index (χ3v) is 43.1. The van der Waals surface area contributed by atoms with Gasteiger partial charge in [0, 0.05) is 0 Å². The SMILES string of the molecule is CCCCCCCCCCCCCCCCCCCCCCCCCCCCCCCCCCCCCC(CCCCCCCCCCCC)CC1(CCC(C)C)C(CC)C2C3C(C)C4C5C6C(C(C)CC)C(C(C)C)C(CC)C67C(CCCCCCCCCCCC)CCCCCCCCCC(CC)C5(C7C)C4(C)C(C)C(C)C3C(CC)C21CCCCCCCCCCCCC. The van der Waals surface area contributed by atoms with Crippen molar-refractivity contribution in [3.63, 3.8) is 0 Å². The van der Waals surface area contributed by atoms with E-state index in [0.29, 0.717) is 27.1 Å². The molecule has 2 bridgehead atoms. The maximum Gasteiger partial charge on any atom is -0.0144 e. The number of hydrogen-bond donors (Lipinski definition) is 0. The Kier molecular flexibility index (Phi) is 61.6. The zero-order chi connectivity index (χ0) is 95.1. The summed E-state index contributed by atoms with van der Waals surface area (Å²) in [4.78, 5) is 0. The summed E-state index contributed by atoms with van der Waals surface area (Å²) in [6, 6.07) is 0. The van der Waals surface area contributed by atoms with Gasteiger partial charge in [0.15, 0.2) is 0 Å². The van der Waals surface area contributed by atoms with Crippen LogP contribution in [0, 0.1) is 151 Å². The molecule has 7 fully saturated rings. The highest BCUT2D eigenvalue weighted by molar-refractivity contribution is 5.37. The highest BCUT2D eigenvalue weighted by Gasteiger charge is 2.90. The minimum absolute atomic E-state index is 0.365. The molecule has 24 atom stereocenters. The Labute approximate surface area is 836 Å². The Morgan fingerprint density at radius 1 is 0.280 bits per heavy atom. The lowest BCUT2D eigenvalue weighted by Crippen LogP contribution is -2.73. The van der Waals surface area contributed by atoms with Gasteiger partial charge in [0.25, 0.3) is 0 Å². The Morgan fingerprint density at radius 3 is 0.947 bits per heavy atom. The van der Waals surface area contributed by atoms with Crippen LogP contribution in [0.1, 0.15) is 690 Å². The first kappa shape index (κ1) is 119. The van der Waals surface area contributed by atoms with Gasteiger partial charge in [-0.2, -0.15) is 0 Å². The van der Waals surface area contributed by atoms with Crippen molar-refractivity contribution >= 4 is 0 Å². The molecule has 7 saturated carbocycles. The molecule has 0 N–H and O–H groups in total. The van der Waals surface area contributed by atoms with Crippen molar-refractivity contribution in [3.8, 4) is 0 Å². The molecule has 2 spiro atoms. The van der Waals surface area contributed by atoms with Gasteiger partial charge < -0.3 is 0 Å². The van der Waals surface area contributed by atoms with Gasteiger partial charge in [0.05, 0.1) is 0 Å². The molecule has 0 saturated heterocycles. The molecule has 24 unspecified atom stereocenters. The van der Waals surface area contributed by atoms with Gasteiger partial charge in [-0.3, -0.25) is 0 Å². The fraction of sp³-hybridized carbons (Fsp3) is 1.00. The van der Waals surface area contributed by atoms with E-state index < -0.39 is 0 Å². The summed E-state index contributed by atoms with van der Waals surface area (Å²) >= 11 is 0. The molecule has 7 aliphatic rings. The zero-order valence-electron chi connectivity index (χ0n) is 95.1. The predicted octanol–water partition coefficient (Wildman–Crippen LogP) is 46.3. The molecule has 0 radical (unpaired) electrons. The van der Waals surface area contributed by atoms with Gasteiger partial charge >= 0.3 is 0 Å². The average molecular weight is 1840 g/mol. The lowest BCUT2D eigenvalue weighted by atomic mass is 9.27. The normalized spacial score (nSPS) is 31.6. The van der Waals surface area contributed by atoms with Crippen LogP contribution in [0.25, 0.3) is 0 Å². The third kappa shape index (κ3) is 32.5. The summed E-state index contributed by atoms with van der Waals surface area (Å²) in [5.41, 5.74) is 2.19. The summed E-state index contributed by atoms with van der Waals surface area (Å²) in [5, 5.41) is 0. The van der Waals surface area contributed by atoms with Gasteiger partial charge in [-0.05, 0) is 190 Å². The summed E-state index contributed by atoms with van der Waals surface area (Å²) in [5.74, 6) is 17.9. The van der Waals surface area contributed by atoms with Crippen LogP contribution in [0.3, 0.4) is 0 Å². The monoisotopic (exact) mass is 1840 g/mol. The largest absolute Gasteiger partial charge is 0.0654 e. The van der Waals surface area contributed by atoms with Gasteiger partial charge in [-0.25, -0.2) is 0 Å². The molecule has 0 aliphatic heterocycles. The van der Waals surface area contributed by atoms with Crippen molar-refractivity contribution in [1.82, 2.24) is 0 Å². The molecule has 780 valence electrons. The minimum atomic E-state index is 0.365. The fourth-order valence-electron chi connectivity index (χ4n) is 36.9. The van der Waals surface area contributed by atoms with E-state index in [1.54, 1.807) is 44.9 Å². The van der Waals surface area contributed by atoms with Crippen LogP contribution in [0.2, 0.25) is 0 Å². The molecule has 0 heterocycles. The van der Waals surface area contributed by atoms with E-state index in [1.807, 2.05) is 0 Å². The number of fused-ring (bicyclic) bond motifs is 6. The van der Waals surface area contributed by atoms with Gasteiger partial charge in [-0.15, -0.1) is 0 Å². The molecular weight excluding hydrogens is 1590 g/mol. The third-order valence-electron chi connectivity index (χ3n) is 43.1. The van der Waals surface area contributed by atoms with Gasteiger partial charge in [-0.1, -0.05) is 652 Å². The topological polar surface area (TPSA) is 0 Å². The smallest absolute Gasteiger partial charge is 0.0144 e. The predicted molar refractivity (Wildman–Crippen MR) is 595 cm³/mol. The van der Waals surface area contributed by atoms with Crippen LogP contribution in [0.15, 0.2) is 0 Å². The second-order valence-electron chi connectivity index (χ2n) is 51.6. The first-order valence-electron chi connectivity index (χ1n) is 64.5. The molecule has 7 aliphatic carbocycles. The fourth-order valence-corrected chi connectivity index (χ4v) is 36.9. The minimum Gasteiger partial charge on any atom is -0.0654 e. The van der Waals surface area contributed by atoms with Crippen molar-refractivity contribution in [2.75, 3.05) is 0 Å². The highest BCUT2D eigenvalue weighted by atomic mass is 14.9. The lowest BCUT2D eigenvalue weighted by molar-refractivity contribution is -0.304. The van der Waals surface area contributed by atoms with Crippen molar-refractivity contribution < 1.29 is 0 Å². The Balaban J connectivity index is 1.10. The standard InChI is InChI=1S/C132H252/c1-20-29-33-37-41-45-49-50-51-52-53-54-55-56-57-58-59-60-61-62-63-64-65-66-67-68-69-70-71-72-73-76-81-87-93-99-114(98-92-86-80-75-47-43-39-35-31-22-3)106-129(105-103-107(10)11)119(28-9)125-123-111(16)124-127-126-121(109(14)24-5)120(108(12)13)118(27-8)131(126)113(18)132(127,115(25-6)100-94-88-83-79-84-90-96-102-116(131)101-95-89-82-77-48-44-40-36-32-23-4)128(124,19)112(17)110(15)122(123)117(26-7)130(125,129)104-97-91-85-78-74-46-42-38-34-30-21-2/h107-127H,20-106H2,1-19H3. The van der Waals surface area contributed by atoms with Crippen molar-refractivity contribution in [3.05, 3.63) is 0 Å². The quantitative estimate of drug-likeness (QED) is 0.0533. The zero-order valence-corrected chi connectivity index (χ0v) is 95.1. The molecule has 0 aromatic rings. The van der Waals surface area contributed by atoms with Crippen LogP contribution < -0.4 is 0 Å². The Bertz CT molecular complexity index is 2690. The van der Waals surface area contributed by atoms with E-state index in [1.165, 1.54) is 514 Å². The van der Waals surface area contributed by atoms with E-state index in [0.717, 1.165) is 124 Å². The molecule has 7 rings (SSSR count). The molecule has 0 nitrogen and oxygen atoms in total. The van der Waals surface area contributed by atoms with Crippen LogP contribution in [0.4, 0.5) is 0 Å². The van der Waals surface area contributed by atoms with E-state index in [-0.39, 0.29) is 0 Å². The first-order chi connectivity index (χ1) is 64.5. The highest BCUT2D eigenvalue weighted by Crippen LogP contribution is 2.94. The number of hydrogen-bond acceptors (Lipinski definition) is 0. The van der Waals surface area contributed by atoms with Crippen molar-refractivity contribution in [1.29, 1.82) is 0 Å². The molecule has 0 aromatic carbocycles. The van der Waals surface area contributed by atoms with Crippen molar-refractivity contribution in [2.24, 2.45) is 151 Å². The van der Waals surface area contributed by atoms with E-state index in [2.05, 4.69) is 132 Å². The molecule has 132 heavy (non-hydrogen) atoms. The van der Waals surface area contributed by atoms with E-state index in [4.69, 9.17) is 0 Å². The molecule has 0 heteroatoms. The van der Waals surface area contributed by atoms with E-state index >= 15 is 0 Å². The summed E-state index contributed by atoms with van der Waals surface area (Å²) in [6.45, 7) is 53.3. The number of unbranched alkanes of at least 4 members (excludes halogenated alkanes) is 62. The second-order valence-corrected chi connectivity index (χ2v) is 51.6. The maximum atomic E-state index is 3.23. The van der Waals surface area contributed by atoms with Crippen molar-refractivity contribution in [2.45, 2.75) is 690 Å². The average Bonchev–Trinajstić information content (AvgIpc) is 1.43. The summed E-state index contributed by atoms with van der Waals surface area (Å²) in [6.07, 6.45) is 129. The van der Waals surface area contributed by atoms with Crippen LogP contribution in [0.5, 0.6) is 0 Å². The maximum absolute atomic E-state index is 3.23. The van der Waals surface area contributed by atoms with Crippen LogP contribution in [-0.2, 0) is 0 Å². The summed E-state index contributed by atoms with van der Waals surface area (Å²) in [7, 11) is 0. The van der Waals surface area contributed by atoms with Crippen LogP contribution >= 0.6 is 0 Å². The lowest BCUT2D eigenvalue weighted by Gasteiger charge is -2.77. The number of rotatable bonds is 82. The van der Waals surface area contributed by atoms with Gasteiger partial charge in [0.1, 0.15) is 0 Å². The molecule has 0 amide bonds. The molecular formula is C132H252. The Hall–Kier alpha value is 0. The summed E-state index contributed by atoms with van der Waals surface area (Å²) < 4.78 is 0. The van der Waals surface area contributed by atoms with Crippen LogP contribution in [-0.4, -0.2) is 0 Å². The first-order valence-corrected chi connectivity index (χ1v) is 64.5. The van der Waals surface area contributed by atoms with Gasteiger partial charge in [0.2, 0.25) is 0 Å².